The minimum atomic E-state index is -0.594. The van der Waals surface area contributed by atoms with Crippen molar-refractivity contribution in [3.8, 4) is 28.6 Å². The van der Waals surface area contributed by atoms with Crippen LogP contribution in [-0.2, 0) is 11.2 Å². The number of benzene rings is 2. The molecule has 0 aliphatic heterocycles. The SMILES string of the molecule is COc1cc(O)cc(-c2cc3ccc(O)cc3o2)c1CC=C(C)CCC(O)C(C)(C)OC. The van der Waals surface area contributed by atoms with Crippen LogP contribution in [0.3, 0.4) is 0 Å². The Hall–Kier alpha value is -2.96. The minimum absolute atomic E-state index is 0.0783. The van der Waals surface area contributed by atoms with Gasteiger partial charge in [-0.3, -0.25) is 0 Å². The smallest absolute Gasteiger partial charge is 0.138 e. The molecule has 0 spiro atoms. The normalized spacial score (nSPS) is 13.5. The van der Waals surface area contributed by atoms with Crippen molar-refractivity contribution >= 4 is 11.0 Å². The zero-order valence-corrected chi connectivity index (χ0v) is 19.3. The number of methoxy groups -OCH3 is 2. The molecule has 0 saturated carbocycles. The molecular formula is C26H32O6. The van der Waals surface area contributed by atoms with Crippen LogP contribution in [0.1, 0.15) is 39.2 Å². The van der Waals surface area contributed by atoms with Gasteiger partial charge >= 0.3 is 0 Å². The summed E-state index contributed by atoms with van der Waals surface area (Å²) in [6.07, 6.45) is 3.42. The molecule has 6 nitrogen and oxygen atoms in total. The van der Waals surface area contributed by atoms with Crippen LogP contribution in [-0.4, -0.2) is 41.2 Å². The van der Waals surface area contributed by atoms with Gasteiger partial charge in [-0.1, -0.05) is 11.6 Å². The third-order valence-corrected chi connectivity index (χ3v) is 5.98. The predicted octanol–water partition coefficient (Wildman–Crippen LogP) is 5.57. The van der Waals surface area contributed by atoms with Crippen molar-refractivity contribution in [1.29, 1.82) is 0 Å². The molecule has 1 aromatic heterocycles. The number of aliphatic hydroxyl groups excluding tert-OH is 1. The molecule has 3 N–H and O–H groups in total. The molecule has 1 heterocycles. The van der Waals surface area contributed by atoms with E-state index in [1.165, 1.54) is 0 Å². The standard InChI is InChI=1S/C26H32O6/c1-16(7-11-25(29)26(2,3)31-5)6-10-20-21(13-19(28)15-23(20)30-4)24-12-17-8-9-18(27)14-22(17)32-24/h6,8-9,12-15,25,27-29H,7,10-11H2,1-5H3. The predicted molar refractivity (Wildman–Crippen MR) is 125 cm³/mol. The van der Waals surface area contributed by atoms with Crippen molar-refractivity contribution in [3.05, 3.63) is 53.6 Å². The lowest BCUT2D eigenvalue weighted by atomic mass is 9.94. The highest BCUT2D eigenvalue weighted by Gasteiger charge is 2.26. The molecule has 3 aromatic rings. The summed E-state index contributed by atoms with van der Waals surface area (Å²) in [7, 11) is 3.17. The second-order valence-electron chi connectivity index (χ2n) is 8.62. The van der Waals surface area contributed by atoms with Gasteiger partial charge in [-0.2, -0.15) is 0 Å². The molecule has 0 saturated heterocycles. The van der Waals surface area contributed by atoms with E-state index in [4.69, 9.17) is 13.9 Å². The zero-order valence-electron chi connectivity index (χ0n) is 19.3. The maximum atomic E-state index is 10.4. The van der Waals surface area contributed by atoms with Crippen LogP contribution in [0.4, 0.5) is 0 Å². The second kappa shape index (κ2) is 9.67. The van der Waals surface area contributed by atoms with Crippen molar-refractivity contribution < 1.29 is 29.2 Å². The summed E-state index contributed by atoms with van der Waals surface area (Å²) in [5.41, 5.74) is 2.71. The largest absolute Gasteiger partial charge is 0.508 e. The topological polar surface area (TPSA) is 92.3 Å². The Morgan fingerprint density at radius 1 is 1.09 bits per heavy atom. The van der Waals surface area contributed by atoms with Gasteiger partial charge in [0.25, 0.3) is 0 Å². The molecule has 0 aliphatic rings. The highest BCUT2D eigenvalue weighted by atomic mass is 16.5. The van der Waals surface area contributed by atoms with Gasteiger partial charge in [-0.15, -0.1) is 0 Å². The molecule has 0 fully saturated rings. The zero-order chi connectivity index (χ0) is 23.5. The summed E-state index contributed by atoms with van der Waals surface area (Å²) < 4.78 is 16.9. The summed E-state index contributed by atoms with van der Waals surface area (Å²) in [5.74, 6) is 1.35. The molecule has 3 rings (SSSR count). The Balaban J connectivity index is 1.89. The fourth-order valence-corrected chi connectivity index (χ4v) is 3.62. The van der Waals surface area contributed by atoms with Crippen molar-refractivity contribution in [2.24, 2.45) is 0 Å². The van der Waals surface area contributed by atoms with E-state index in [0.29, 0.717) is 29.9 Å². The monoisotopic (exact) mass is 440 g/mol. The summed E-state index contributed by atoms with van der Waals surface area (Å²) in [6, 6.07) is 10.1. The number of phenolic OH excluding ortho intramolecular Hbond substituents is 2. The van der Waals surface area contributed by atoms with Gasteiger partial charge in [0.05, 0.1) is 18.8 Å². The van der Waals surface area contributed by atoms with E-state index >= 15 is 0 Å². The fraction of sp³-hybridized carbons (Fsp3) is 0.385. The molecule has 172 valence electrons. The van der Waals surface area contributed by atoms with Gasteiger partial charge in [0.1, 0.15) is 28.6 Å². The molecule has 0 radical (unpaired) electrons. The number of furan rings is 1. The number of aromatic hydroxyl groups is 2. The van der Waals surface area contributed by atoms with E-state index in [1.54, 1.807) is 44.6 Å². The quantitative estimate of drug-likeness (QED) is 0.377. The Bertz CT molecular complexity index is 1110. The first kappa shape index (κ1) is 23.7. The van der Waals surface area contributed by atoms with Crippen molar-refractivity contribution in [3.63, 3.8) is 0 Å². The maximum absolute atomic E-state index is 10.4. The Morgan fingerprint density at radius 2 is 1.84 bits per heavy atom. The number of phenols is 2. The highest BCUT2D eigenvalue weighted by Crippen LogP contribution is 2.38. The lowest BCUT2D eigenvalue weighted by Gasteiger charge is -2.29. The van der Waals surface area contributed by atoms with Gasteiger partial charge in [0.15, 0.2) is 0 Å². The van der Waals surface area contributed by atoms with Gasteiger partial charge in [-0.25, -0.2) is 0 Å². The van der Waals surface area contributed by atoms with Crippen LogP contribution in [0.5, 0.6) is 17.2 Å². The summed E-state index contributed by atoms with van der Waals surface area (Å²) in [4.78, 5) is 0. The van der Waals surface area contributed by atoms with Crippen LogP contribution in [0.2, 0.25) is 0 Å². The molecule has 0 aliphatic carbocycles. The van der Waals surface area contributed by atoms with Crippen LogP contribution in [0, 0.1) is 0 Å². The second-order valence-corrected chi connectivity index (χ2v) is 8.62. The van der Waals surface area contributed by atoms with Crippen LogP contribution in [0.15, 0.2) is 52.5 Å². The molecule has 32 heavy (non-hydrogen) atoms. The fourth-order valence-electron chi connectivity index (χ4n) is 3.62. The first-order valence-electron chi connectivity index (χ1n) is 10.7. The summed E-state index contributed by atoms with van der Waals surface area (Å²) in [5, 5.41) is 31.2. The number of hydrogen-bond donors (Lipinski definition) is 3. The lowest BCUT2D eigenvalue weighted by molar-refractivity contribution is -0.0797. The lowest BCUT2D eigenvalue weighted by Crippen LogP contribution is -2.37. The van der Waals surface area contributed by atoms with Crippen LogP contribution >= 0.6 is 0 Å². The number of hydrogen-bond acceptors (Lipinski definition) is 6. The number of ether oxygens (including phenoxy) is 2. The average Bonchev–Trinajstić information content (AvgIpc) is 3.18. The molecule has 6 heteroatoms. The molecular weight excluding hydrogens is 408 g/mol. The van der Waals surface area contributed by atoms with Crippen LogP contribution in [0.25, 0.3) is 22.3 Å². The van der Waals surface area contributed by atoms with E-state index in [2.05, 4.69) is 6.08 Å². The Kier molecular flexibility index (Phi) is 7.16. The van der Waals surface area contributed by atoms with Crippen molar-refractivity contribution in [1.82, 2.24) is 0 Å². The first-order valence-corrected chi connectivity index (χ1v) is 10.7. The number of fused-ring (bicyclic) bond motifs is 1. The molecule has 0 amide bonds. The van der Waals surface area contributed by atoms with E-state index in [-0.39, 0.29) is 11.5 Å². The average molecular weight is 441 g/mol. The number of allylic oxidation sites excluding steroid dienone is 2. The molecule has 0 bridgehead atoms. The van der Waals surface area contributed by atoms with Gasteiger partial charge in [0.2, 0.25) is 0 Å². The maximum Gasteiger partial charge on any atom is 0.138 e. The minimum Gasteiger partial charge on any atom is -0.508 e. The summed E-state index contributed by atoms with van der Waals surface area (Å²) in [6.45, 7) is 5.78. The molecule has 2 aromatic carbocycles. The molecule has 1 unspecified atom stereocenters. The Labute approximate surface area is 188 Å². The van der Waals surface area contributed by atoms with E-state index in [0.717, 1.165) is 28.5 Å². The third kappa shape index (κ3) is 5.26. The summed E-state index contributed by atoms with van der Waals surface area (Å²) >= 11 is 0. The molecule has 1 atom stereocenters. The van der Waals surface area contributed by atoms with E-state index in [9.17, 15) is 15.3 Å². The number of aliphatic hydroxyl groups is 1. The highest BCUT2D eigenvalue weighted by molar-refractivity contribution is 5.85. The van der Waals surface area contributed by atoms with E-state index < -0.39 is 11.7 Å². The van der Waals surface area contributed by atoms with Crippen molar-refractivity contribution in [2.45, 2.75) is 51.7 Å². The van der Waals surface area contributed by atoms with Gasteiger partial charge in [-0.05, 0) is 64.3 Å². The number of rotatable bonds is 9. The van der Waals surface area contributed by atoms with E-state index in [1.807, 2.05) is 26.8 Å². The first-order chi connectivity index (χ1) is 15.1. The van der Waals surface area contributed by atoms with Gasteiger partial charge in [0, 0.05) is 35.8 Å². The third-order valence-electron chi connectivity index (χ3n) is 5.98. The van der Waals surface area contributed by atoms with Gasteiger partial charge < -0.3 is 29.2 Å². The van der Waals surface area contributed by atoms with Crippen LogP contribution < -0.4 is 4.74 Å². The Morgan fingerprint density at radius 3 is 2.53 bits per heavy atom. The van der Waals surface area contributed by atoms with Crippen molar-refractivity contribution in [2.75, 3.05) is 14.2 Å².